The molecule has 1 aromatic heterocycles. The highest BCUT2D eigenvalue weighted by Crippen LogP contribution is 2.29. The Balaban J connectivity index is 2.18. The average molecular weight is 220 g/mol. The molecule has 0 fully saturated rings. The van der Waals surface area contributed by atoms with E-state index in [1.54, 1.807) is 0 Å². The number of nitrogens with zero attached hydrogens (tertiary/aromatic N) is 1. The van der Waals surface area contributed by atoms with Gasteiger partial charge < -0.3 is 4.98 Å². The van der Waals surface area contributed by atoms with Crippen molar-refractivity contribution in [2.24, 2.45) is 11.8 Å². The van der Waals surface area contributed by atoms with Gasteiger partial charge in [-0.1, -0.05) is 34.1 Å². The molecular weight excluding hydrogens is 196 g/mol. The van der Waals surface area contributed by atoms with Crippen LogP contribution >= 0.6 is 0 Å². The molecule has 0 radical (unpaired) electrons. The molecule has 2 heteroatoms. The van der Waals surface area contributed by atoms with Crippen molar-refractivity contribution in [2.45, 2.75) is 59.3 Å². The summed E-state index contributed by atoms with van der Waals surface area (Å²) in [6.45, 7) is 9.10. The van der Waals surface area contributed by atoms with Crippen LogP contribution in [0.4, 0.5) is 0 Å². The van der Waals surface area contributed by atoms with Crippen LogP contribution in [0.1, 0.15) is 63.7 Å². The predicted octanol–water partition coefficient (Wildman–Crippen LogP) is 3.68. The van der Waals surface area contributed by atoms with Gasteiger partial charge in [0.25, 0.3) is 0 Å². The van der Waals surface area contributed by atoms with E-state index >= 15 is 0 Å². The topological polar surface area (TPSA) is 28.7 Å². The standard InChI is InChI=1S/C14H24N2/c1-5-11-6-7-12-13(8-11)16-14(15-12)10(4)9(2)3/h9-11H,5-8H2,1-4H3,(H,15,16). The van der Waals surface area contributed by atoms with E-state index in [0.717, 1.165) is 5.92 Å². The van der Waals surface area contributed by atoms with Crippen LogP contribution in [0.5, 0.6) is 0 Å². The number of hydrogen-bond acceptors (Lipinski definition) is 1. The van der Waals surface area contributed by atoms with E-state index in [2.05, 4.69) is 32.7 Å². The molecule has 1 aromatic rings. The van der Waals surface area contributed by atoms with Crippen LogP contribution in [0.3, 0.4) is 0 Å². The van der Waals surface area contributed by atoms with Crippen LogP contribution in [0.15, 0.2) is 0 Å². The van der Waals surface area contributed by atoms with E-state index in [-0.39, 0.29) is 0 Å². The number of H-pyrrole nitrogens is 1. The molecule has 0 bridgehead atoms. The number of hydrogen-bond donors (Lipinski definition) is 1. The Bertz CT molecular complexity index is 352. The molecule has 0 saturated heterocycles. The van der Waals surface area contributed by atoms with Crippen LogP contribution in [0.25, 0.3) is 0 Å². The fourth-order valence-corrected chi connectivity index (χ4v) is 2.45. The van der Waals surface area contributed by atoms with Gasteiger partial charge in [0.15, 0.2) is 0 Å². The van der Waals surface area contributed by atoms with Crippen molar-refractivity contribution in [3.8, 4) is 0 Å². The van der Waals surface area contributed by atoms with Gasteiger partial charge in [-0.3, -0.25) is 0 Å². The minimum Gasteiger partial charge on any atom is -0.345 e. The maximum Gasteiger partial charge on any atom is 0.109 e. The fourth-order valence-electron chi connectivity index (χ4n) is 2.45. The molecule has 0 spiro atoms. The van der Waals surface area contributed by atoms with Gasteiger partial charge >= 0.3 is 0 Å². The Hall–Kier alpha value is -0.790. The highest BCUT2D eigenvalue weighted by Gasteiger charge is 2.23. The molecule has 0 aromatic carbocycles. The summed E-state index contributed by atoms with van der Waals surface area (Å²) in [7, 11) is 0. The Morgan fingerprint density at radius 3 is 2.75 bits per heavy atom. The molecule has 2 unspecified atom stereocenters. The molecular formula is C14H24N2. The van der Waals surface area contributed by atoms with Crippen LogP contribution < -0.4 is 0 Å². The summed E-state index contributed by atoms with van der Waals surface area (Å²) in [5.41, 5.74) is 2.76. The van der Waals surface area contributed by atoms with E-state index in [1.165, 1.54) is 42.9 Å². The number of fused-ring (bicyclic) bond motifs is 1. The van der Waals surface area contributed by atoms with Crippen LogP contribution in [-0.2, 0) is 12.8 Å². The van der Waals surface area contributed by atoms with Crippen molar-refractivity contribution in [3.63, 3.8) is 0 Å². The largest absolute Gasteiger partial charge is 0.345 e. The molecule has 1 heterocycles. The van der Waals surface area contributed by atoms with Gasteiger partial charge in [0.1, 0.15) is 5.82 Å². The maximum atomic E-state index is 4.79. The van der Waals surface area contributed by atoms with Crippen molar-refractivity contribution in [1.29, 1.82) is 0 Å². The first-order chi connectivity index (χ1) is 7.61. The van der Waals surface area contributed by atoms with Gasteiger partial charge in [0.2, 0.25) is 0 Å². The van der Waals surface area contributed by atoms with E-state index < -0.39 is 0 Å². The highest BCUT2D eigenvalue weighted by molar-refractivity contribution is 5.20. The molecule has 1 aliphatic rings. The first-order valence-electron chi connectivity index (χ1n) is 6.69. The molecule has 0 amide bonds. The van der Waals surface area contributed by atoms with Gasteiger partial charge in [0.05, 0.1) is 5.69 Å². The second kappa shape index (κ2) is 4.60. The summed E-state index contributed by atoms with van der Waals surface area (Å²) < 4.78 is 0. The average Bonchev–Trinajstić information content (AvgIpc) is 2.69. The second-order valence-corrected chi connectivity index (χ2v) is 5.60. The number of aryl methyl sites for hydroxylation is 1. The van der Waals surface area contributed by atoms with Crippen LogP contribution in [-0.4, -0.2) is 9.97 Å². The van der Waals surface area contributed by atoms with Crippen molar-refractivity contribution in [3.05, 3.63) is 17.2 Å². The number of aromatic nitrogens is 2. The third kappa shape index (κ3) is 2.16. The number of imidazole rings is 1. The lowest BCUT2D eigenvalue weighted by molar-refractivity contribution is 0.438. The molecule has 0 aliphatic heterocycles. The minimum atomic E-state index is 0.547. The monoisotopic (exact) mass is 220 g/mol. The normalized spacial score (nSPS) is 22.2. The van der Waals surface area contributed by atoms with Gasteiger partial charge in [0, 0.05) is 11.6 Å². The van der Waals surface area contributed by atoms with Crippen molar-refractivity contribution < 1.29 is 0 Å². The molecule has 16 heavy (non-hydrogen) atoms. The third-order valence-corrected chi connectivity index (χ3v) is 4.17. The van der Waals surface area contributed by atoms with E-state index in [1.807, 2.05) is 0 Å². The van der Waals surface area contributed by atoms with Crippen LogP contribution in [0, 0.1) is 11.8 Å². The minimum absolute atomic E-state index is 0.547. The summed E-state index contributed by atoms with van der Waals surface area (Å²) in [5, 5.41) is 0. The molecule has 2 nitrogen and oxygen atoms in total. The van der Waals surface area contributed by atoms with E-state index in [4.69, 9.17) is 4.98 Å². The van der Waals surface area contributed by atoms with Gasteiger partial charge in [-0.25, -0.2) is 4.98 Å². The maximum absolute atomic E-state index is 4.79. The first-order valence-corrected chi connectivity index (χ1v) is 6.69. The smallest absolute Gasteiger partial charge is 0.109 e. The Labute approximate surface area is 98.9 Å². The summed E-state index contributed by atoms with van der Waals surface area (Å²) in [6, 6.07) is 0. The predicted molar refractivity (Wildman–Crippen MR) is 67.6 cm³/mol. The lowest BCUT2D eigenvalue weighted by atomic mass is 9.88. The Morgan fingerprint density at radius 1 is 1.38 bits per heavy atom. The molecule has 1 N–H and O–H groups in total. The Kier molecular flexibility index (Phi) is 3.36. The number of aromatic amines is 1. The summed E-state index contributed by atoms with van der Waals surface area (Å²) >= 11 is 0. The molecule has 0 saturated carbocycles. The van der Waals surface area contributed by atoms with E-state index in [9.17, 15) is 0 Å². The zero-order valence-electron chi connectivity index (χ0n) is 11.0. The summed E-state index contributed by atoms with van der Waals surface area (Å²) in [4.78, 5) is 8.35. The lowest BCUT2D eigenvalue weighted by Gasteiger charge is -2.19. The van der Waals surface area contributed by atoms with Crippen molar-refractivity contribution in [2.75, 3.05) is 0 Å². The molecule has 2 atom stereocenters. The number of nitrogens with one attached hydrogen (secondary N) is 1. The fraction of sp³-hybridized carbons (Fsp3) is 0.786. The van der Waals surface area contributed by atoms with Gasteiger partial charge in [-0.15, -0.1) is 0 Å². The third-order valence-electron chi connectivity index (χ3n) is 4.17. The molecule has 2 rings (SSSR count). The van der Waals surface area contributed by atoms with Gasteiger partial charge in [-0.2, -0.15) is 0 Å². The van der Waals surface area contributed by atoms with E-state index in [0.29, 0.717) is 11.8 Å². The zero-order chi connectivity index (χ0) is 11.7. The molecule has 90 valence electrons. The van der Waals surface area contributed by atoms with Crippen LogP contribution in [0.2, 0.25) is 0 Å². The summed E-state index contributed by atoms with van der Waals surface area (Å²) in [5.74, 6) is 3.28. The Morgan fingerprint density at radius 2 is 2.12 bits per heavy atom. The lowest BCUT2D eigenvalue weighted by Crippen LogP contribution is -2.12. The summed E-state index contributed by atoms with van der Waals surface area (Å²) in [6.07, 6.45) is 5.01. The SMILES string of the molecule is CCC1CCc2nc(C(C)C(C)C)[nH]c2C1. The van der Waals surface area contributed by atoms with Crippen molar-refractivity contribution in [1.82, 2.24) is 9.97 Å². The highest BCUT2D eigenvalue weighted by atomic mass is 14.9. The first kappa shape index (κ1) is 11.7. The van der Waals surface area contributed by atoms with Gasteiger partial charge in [-0.05, 0) is 31.1 Å². The zero-order valence-corrected chi connectivity index (χ0v) is 11.0. The second-order valence-electron chi connectivity index (χ2n) is 5.60. The number of rotatable bonds is 3. The van der Waals surface area contributed by atoms with Crippen molar-refractivity contribution >= 4 is 0 Å². The molecule has 1 aliphatic carbocycles. The quantitative estimate of drug-likeness (QED) is 0.827.